The molecular weight excluding hydrogens is 414 g/mol. The molecular formula is C28H27NO4. The third-order valence-corrected chi connectivity index (χ3v) is 5.74. The Balaban J connectivity index is 1.73. The molecule has 1 aliphatic rings. The fourth-order valence-electron chi connectivity index (χ4n) is 4.07. The number of hydrogen-bond donors (Lipinski definition) is 1. The van der Waals surface area contributed by atoms with Gasteiger partial charge in [0, 0.05) is 12.1 Å². The van der Waals surface area contributed by atoms with Gasteiger partial charge in [-0.25, -0.2) is 0 Å². The summed E-state index contributed by atoms with van der Waals surface area (Å²) in [5.41, 5.74) is 2.45. The summed E-state index contributed by atoms with van der Waals surface area (Å²) >= 11 is 0. The highest BCUT2D eigenvalue weighted by atomic mass is 16.5. The minimum Gasteiger partial charge on any atom is -0.507 e. The zero-order valence-corrected chi connectivity index (χ0v) is 18.6. The molecule has 1 atom stereocenters. The van der Waals surface area contributed by atoms with E-state index >= 15 is 0 Å². The summed E-state index contributed by atoms with van der Waals surface area (Å²) in [6, 6.07) is 25.4. The smallest absolute Gasteiger partial charge is 0.295 e. The van der Waals surface area contributed by atoms with Crippen LogP contribution in [0.4, 0.5) is 0 Å². The zero-order valence-electron chi connectivity index (χ0n) is 18.6. The van der Waals surface area contributed by atoms with Crippen LogP contribution in [0.25, 0.3) is 5.76 Å². The fourth-order valence-corrected chi connectivity index (χ4v) is 4.07. The number of ketones is 1. The summed E-state index contributed by atoms with van der Waals surface area (Å²) in [5, 5.41) is 11.1. The Bertz CT molecular complexity index is 1140. The van der Waals surface area contributed by atoms with Crippen LogP contribution in [0.1, 0.15) is 36.1 Å². The maximum Gasteiger partial charge on any atom is 0.295 e. The summed E-state index contributed by atoms with van der Waals surface area (Å²) in [6.45, 7) is 3.01. The number of aliphatic hydroxyl groups excluding tert-OH is 1. The molecule has 0 radical (unpaired) electrons. The molecule has 3 aromatic rings. The molecule has 1 aliphatic heterocycles. The van der Waals surface area contributed by atoms with E-state index in [9.17, 15) is 14.7 Å². The predicted octanol–water partition coefficient (Wildman–Crippen LogP) is 5.14. The fraction of sp³-hybridized carbons (Fsp3) is 0.214. The SMILES string of the molecule is CCCOc1ccc(C2C(=C(O)c3ccccc3)C(=O)C(=O)N2CCc2ccccc2)cc1. The highest BCUT2D eigenvalue weighted by Crippen LogP contribution is 2.39. The van der Waals surface area contributed by atoms with Crippen LogP contribution in [-0.2, 0) is 16.0 Å². The normalized spacial score (nSPS) is 17.4. The third kappa shape index (κ3) is 4.82. The van der Waals surface area contributed by atoms with E-state index in [0.717, 1.165) is 23.3 Å². The van der Waals surface area contributed by atoms with Crippen LogP contribution in [0.2, 0.25) is 0 Å². The summed E-state index contributed by atoms with van der Waals surface area (Å²) in [7, 11) is 0. The summed E-state index contributed by atoms with van der Waals surface area (Å²) < 4.78 is 5.68. The van der Waals surface area contributed by atoms with Gasteiger partial charge in [-0.3, -0.25) is 9.59 Å². The molecule has 0 bridgehead atoms. The Morgan fingerprint density at radius 3 is 2.18 bits per heavy atom. The first kappa shape index (κ1) is 22.3. The first-order chi connectivity index (χ1) is 16.1. The molecule has 1 fully saturated rings. The van der Waals surface area contributed by atoms with Crippen molar-refractivity contribution in [3.05, 3.63) is 107 Å². The molecule has 4 rings (SSSR count). The second kappa shape index (κ2) is 10.2. The number of hydrogen-bond acceptors (Lipinski definition) is 4. The van der Waals surface area contributed by atoms with Crippen LogP contribution in [0.3, 0.4) is 0 Å². The molecule has 0 saturated carbocycles. The number of carbonyl (C=O) groups excluding carboxylic acids is 2. The van der Waals surface area contributed by atoms with Crippen LogP contribution < -0.4 is 4.74 Å². The Morgan fingerprint density at radius 1 is 0.909 bits per heavy atom. The van der Waals surface area contributed by atoms with Crippen molar-refractivity contribution in [1.82, 2.24) is 4.90 Å². The maximum atomic E-state index is 13.1. The number of benzene rings is 3. The van der Waals surface area contributed by atoms with Crippen molar-refractivity contribution in [1.29, 1.82) is 0 Å². The van der Waals surface area contributed by atoms with Gasteiger partial charge in [-0.15, -0.1) is 0 Å². The molecule has 1 saturated heterocycles. The van der Waals surface area contributed by atoms with Crippen molar-refractivity contribution < 1.29 is 19.4 Å². The van der Waals surface area contributed by atoms with E-state index in [0.29, 0.717) is 25.1 Å². The van der Waals surface area contributed by atoms with E-state index in [4.69, 9.17) is 4.74 Å². The van der Waals surface area contributed by atoms with Gasteiger partial charge < -0.3 is 14.7 Å². The molecule has 0 aromatic heterocycles. The summed E-state index contributed by atoms with van der Waals surface area (Å²) in [4.78, 5) is 27.7. The number of ether oxygens (including phenoxy) is 1. The van der Waals surface area contributed by atoms with Gasteiger partial charge in [0.2, 0.25) is 0 Å². The minimum absolute atomic E-state index is 0.112. The van der Waals surface area contributed by atoms with E-state index in [1.54, 1.807) is 29.2 Å². The standard InChI is InChI=1S/C28H27NO4/c1-2-19-33-23-15-13-21(14-16-23)25-24(26(30)22-11-7-4-8-12-22)27(31)28(32)29(25)18-17-20-9-5-3-6-10-20/h3-16,25,30H,2,17-19H2,1H3. The largest absolute Gasteiger partial charge is 0.507 e. The molecule has 168 valence electrons. The van der Waals surface area contributed by atoms with Gasteiger partial charge in [0.15, 0.2) is 0 Å². The van der Waals surface area contributed by atoms with E-state index < -0.39 is 17.7 Å². The van der Waals surface area contributed by atoms with E-state index in [2.05, 4.69) is 0 Å². The lowest BCUT2D eigenvalue weighted by molar-refractivity contribution is -0.139. The summed E-state index contributed by atoms with van der Waals surface area (Å²) in [6.07, 6.45) is 1.51. The summed E-state index contributed by atoms with van der Waals surface area (Å²) in [5.74, 6) is -0.696. The first-order valence-electron chi connectivity index (χ1n) is 11.2. The van der Waals surface area contributed by atoms with Crippen molar-refractivity contribution >= 4 is 17.4 Å². The molecule has 1 heterocycles. The van der Waals surface area contributed by atoms with Gasteiger partial charge in [0.05, 0.1) is 18.2 Å². The molecule has 33 heavy (non-hydrogen) atoms. The number of rotatable bonds is 8. The highest BCUT2D eigenvalue weighted by Gasteiger charge is 2.45. The quantitative estimate of drug-likeness (QED) is 0.299. The number of aliphatic hydroxyl groups is 1. The van der Waals surface area contributed by atoms with Crippen LogP contribution >= 0.6 is 0 Å². The van der Waals surface area contributed by atoms with Gasteiger partial charge in [0.25, 0.3) is 11.7 Å². The Morgan fingerprint density at radius 2 is 1.55 bits per heavy atom. The Hall–Kier alpha value is -3.86. The lowest BCUT2D eigenvalue weighted by Crippen LogP contribution is -2.31. The topological polar surface area (TPSA) is 66.8 Å². The second-order valence-electron chi connectivity index (χ2n) is 8.01. The molecule has 5 nitrogen and oxygen atoms in total. The average molecular weight is 442 g/mol. The molecule has 3 aromatic carbocycles. The maximum absolute atomic E-state index is 13.1. The molecule has 1 unspecified atom stereocenters. The van der Waals surface area contributed by atoms with Crippen LogP contribution in [-0.4, -0.2) is 34.8 Å². The average Bonchev–Trinajstić information content (AvgIpc) is 3.12. The second-order valence-corrected chi connectivity index (χ2v) is 8.01. The van der Waals surface area contributed by atoms with Crippen LogP contribution in [0.5, 0.6) is 5.75 Å². The van der Waals surface area contributed by atoms with Crippen molar-refractivity contribution in [3.63, 3.8) is 0 Å². The van der Waals surface area contributed by atoms with Crippen molar-refractivity contribution in [3.8, 4) is 5.75 Å². The molecule has 5 heteroatoms. The van der Waals surface area contributed by atoms with Crippen molar-refractivity contribution in [2.24, 2.45) is 0 Å². The number of likely N-dealkylation sites (tertiary alicyclic amines) is 1. The van der Waals surface area contributed by atoms with Crippen LogP contribution in [0, 0.1) is 0 Å². The Kier molecular flexibility index (Phi) is 6.89. The Labute approximate surface area is 193 Å². The van der Waals surface area contributed by atoms with Gasteiger partial charge in [0.1, 0.15) is 11.5 Å². The number of carbonyl (C=O) groups is 2. The molecule has 1 amide bonds. The molecule has 0 spiro atoms. The van der Waals surface area contributed by atoms with E-state index in [1.807, 2.05) is 67.6 Å². The number of amides is 1. The number of Topliss-reactive ketones (excluding diaryl/α,β-unsaturated/α-hetero) is 1. The van der Waals surface area contributed by atoms with Gasteiger partial charge in [-0.1, -0.05) is 79.7 Å². The lowest BCUT2D eigenvalue weighted by Gasteiger charge is -2.25. The first-order valence-corrected chi connectivity index (χ1v) is 11.2. The molecule has 1 N–H and O–H groups in total. The molecule has 0 aliphatic carbocycles. The third-order valence-electron chi connectivity index (χ3n) is 5.74. The van der Waals surface area contributed by atoms with Crippen LogP contribution in [0.15, 0.2) is 90.5 Å². The lowest BCUT2D eigenvalue weighted by atomic mass is 9.95. The van der Waals surface area contributed by atoms with Gasteiger partial charge in [-0.05, 0) is 36.1 Å². The van der Waals surface area contributed by atoms with E-state index in [-0.39, 0.29) is 11.3 Å². The van der Waals surface area contributed by atoms with Gasteiger partial charge >= 0.3 is 0 Å². The zero-order chi connectivity index (χ0) is 23.2. The van der Waals surface area contributed by atoms with Crippen molar-refractivity contribution in [2.45, 2.75) is 25.8 Å². The van der Waals surface area contributed by atoms with Crippen molar-refractivity contribution in [2.75, 3.05) is 13.2 Å². The predicted molar refractivity (Wildman–Crippen MR) is 128 cm³/mol. The highest BCUT2D eigenvalue weighted by molar-refractivity contribution is 6.46. The number of nitrogens with zero attached hydrogens (tertiary/aromatic N) is 1. The van der Waals surface area contributed by atoms with E-state index in [1.165, 1.54) is 0 Å². The minimum atomic E-state index is -0.672. The monoisotopic (exact) mass is 441 g/mol. The van der Waals surface area contributed by atoms with Gasteiger partial charge in [-0.2, -0.15) is 0 Å².